The molecule has 3 heteroatoms. The molecule has 0 saturated heterocycles. The number of rotatable bonds is 9. The molecule has 0 radical (unpaired) electrons. The van der Waals surface area contributed by atoms with Gasteiger partial charge < -0.3 is 4.74 Å². The van der Waals surface area contributed by atoms with E-state index in [9.17, 15) is 0 Å². The lowest BCUT2D eigenvalue weighted by atomic mass is 10.0. The van der Waals surface area contributed by atoms with E-state index in [1.54, 1.807) is 0 Å². The summed E-state index contributed by atoms with van der Waals surface area (Å²) in [6.45, 7) is 6.50. The van der Waals surface area contributed by atoms with Gasteiger partial charge in [-0.2, -0.15) is 5.26 Å². The van der Waals surface area contributed by atoms with E-state index in [-0.39, 0.29) is 0 Å². The average molecular weight is 224 g/mol. The number of ether oxygens (including phenoxy) is 1. The van der Waals surface area contributed by atoms with Crippen molar-refractivity contribution in [2.24, 2.45) is 5.92 Å². The predicted molar refractivity (Wildman–Crippen MR) is 65.1 cm³/mol. The standard InChI is InChI=1S/C13H24N2O/c1-3-8-15-13(2,11-14)7-10-16-9-6-12-4-5-12/h12,15H,3-10H2,1-2H3. The van der Waals surface area contributed by atoms with Crippen LogP contribution in [0.5, 0.6) is 0 Å². The first-order valence-electron chi connectivity index (χ1n) is 6.44. The van der Waals surface area contributed by atoms with Crippen molar-refractivity contribution < 1.29 is 4.74 Å². The van der Waals surface area contributed by atoms with Gasteiger partial charge in [-0.1, -0.05) is 19.8 Å². The fourth-order valence-corrected chi connectivity index (χ4v) is 1.62. The highest BCUT2D eigenvalue weighted by Crippen LogP contribution is 2.32. The summed E-state index contributed by atoms with van der Waals surface area (Å²) in [6.07, 6.45) is 5.80. The van der Waals surface area contributed by atoms with Crippen LogP contribution in [0.15, 0.2) is 0 Å². The molecule has 3 nitrogen and oxygen atoms in total. The summed E-state index contributed by atoms with van der Waals surface area (Å²) in [5, 5.41) is 12.4. The second-order valence-electron chi connectivity index (χ2n) is 4.97. The van der Waals surface area contributed by atoms with Crippen LogP contribution in [0.1, 0.15) is 46.0 Å². The summed E-state index contributed by atoms with van der Waals surface area (Å²) in [5.41, 5.74) is -0.421. The van der Waals surface area contributed by atoms with E-state index in [0.717, 1.165) is 31.9 Å². The molecule has 1 unspecified atom stereocenters. The molecule has 0 bridgehead atoms. The maximum atomic E-state index is 9.10. The van der Waals surface area contributed by atoms with Gasteiger partial charge in [0, 0.05) is 19.6 Å². The van der Waals surface area contributed by atoms with Gasteiger partial charge in [-0.15, -0.1) is 0 Å². The van der Waals surface area contributed by atoms with Crippen LogP contribution in [0.3, 0.4) is 0 Å². The Morgan fingerprint density at radius 2 is 2.19 bits per heavy atom. The van der Waals surface area contributed by atoms with Gasteiger partial charge in [0.2, 0.25) is 0 Å². The van der Waals surface area contributed by atoms with Crippen molar-refractivity contribution in [1.29, 1.82) is 5.26 Å². The molecule has 0 aromatic heterocycles. The van der Waals surface area contributed by atoms with Crippen LogP contribution in [0.25, 0.3) is 0 Å². The zero-order valence-corrected chi connectivity index (χ0v) is 10.6. The molecule has 0 amide bonds. The summed E-state index contributed by atoms with van der Waals surface area (Å²) in [6, 6.07) is 2.33. The Balaban J connectivity index is 2.04. The van der Waals surface area contributed by atoms with E-state index in [2.05, 4.69) is 18.3 Å². The lowest BCUT2D eigenvalue weighted by Gasteiger charge is -2.22. The highest BCUT2D eigenvalue weighted by molar-refractivity contribution is 5.03. The van der Waals surface area contributed by atoms with Crippen molar-refractivity contribution in [3.05, 3.63) is 0 Å². The Morgan fingerprint density at radius 1 is 1.44 bits per heavy atom. The monoisotopic (exact) mass is 224 g/mol. The zero-order valence-electron chi connectivity index (χ0n) is 10.6. The molecule has 1 N–H and O–H groups in total. The van der Waals surface area contributed by atoms with E-state index in [1.807, 2.05) is 6.92 Å². The van der Waals surface area contributed by atoms with Crippen LogP contribution < -0.4 is 5.32 Å². The number of nitrogens with zero attached hydrogens (tertiary/aromatic N) is 1. The quantitative estimate of drug-likeness (QED) is 0.612. The normalized spacial score (nSPS) is 19.1. The van der Waals surface area contributed by atoms with E-state index < -0.39 is 5.54 Å². The number of hydrogen-bond donors (Lipinski definition) is 1. The third kappa shape index (κ3) is 5.48. The first-order valence-corrected chi connectivity index (χ1v) is 6.44. The molecule has 0 aliphatic heterocycles. The van der Waals surface area contributed by atoms with E-state index in [4.69, 9.17) is 10.00 Å². The maximum Gasteiger partial charge on any atom is 0.106 e. The first-order chi connectivity index (χ1) is 7.70. The molecule has 0 spiro atoms. The molecular weight excluding hydrogens is 200 g/mol. The minimum absolute atomic E-state index is 0.421. The molecule has 0 aromatic carbocycles. The highest BCUT2D eigenvalue weighted by Gasteiger charge is 2.23. The number of nitriles is 1. The number of hydrogen-bond acceptors (Lipinski definition) is 3. The summed E-state index contributed by atoms with van der Waals surface area (Å²) in [4.78, 5) is 0. The Hall–Kier alpha value is -0.590. The zero-order chi connectivity index (χ0) is 11.9. The van der Waals surface area contributed by atoms with Crippen molar-refractivity contribution in [1.82, 2.24) is 5.32 Å². The fraction of sp³-hybridized carbons (Fsp3) is 0.923. The topological polar surface area (TPSA) is 45.0 Å². The highest BCUT2D eigenvalue weighted by atomic mass is 16.5. The summed E-state index contributed by atoms with van der Waals surface area (Å²) in [7, 11) is 0. The lowest BCUT2D eigenvalue weighted by molar-refractivity contribution is 0.113. The van der Waals surface area contributed by atoms with Crippen molar-refractivity contribution in [2.75, 3.05) is 19.8 Å². The van der Waals surface area contributed by atoms with Crippen molar-refractivity contribution in [3.63, 3.8) is 0 Å². The van der Waals surface area contributed by atoms with Crippen LogP contribution >= 0.6 is 0 Å². The lowest BCUT2D eigenvalue weighted by Crippen LogP contribution is -2.42. The predicted octanol–water partition coefficient (Wildman–Crippen LogP) is 2.48. The van der Waals surface area contributed by atoms with E-state index >= 15 is 0 Å². The Morgan fingerprint density at radius 3 is 2.75 bits per heavy atom. The van der Waals surface area contributed by atoms with E-state index in [1.165, 1.54) is 19.3 Å². The summed E-state index contributed by atoms with van der Waals surface area (Å²) < 4.78 is 5.57. The average Bonchev–Trinajstić information content (AvgIpc) is 3.10. The van der Waals surface area contributed by atoms with Crippen molar-refractivity contribution in [3.8, 4) is 6.07 Å². The van der Waals surface area contributed by atoms with Gasteiger partial charge >= 0.3 is 0 Å². The molecule has 1 aliphatic carbocycles. The minimum Gasteiger partial charge on any atom is -0.381 e. The molecular formula is C13H24N2O. The maximum absolute atomic E-state index is 9.10. The summed E-state index contributed by atoms with van der Waals surface area (Å²) in [5.74, 6) is 0.931. The molecule has 1 aliphatic rings. The minimum atomic E-state index is -0.421. The number of nitrogens with one attached hydrogen (secondary N) is 1. The molecule has 1 saturated carbocycles. The summed E-state index contributed by atoms with van der Waals surface area (Å²) >= 11 is 0. The van der Waals surface area contributed by atoms with E-state index in [0.29, 0.717) is 6.61 Å². The van der Waals surface area contributed by atoms with Crippen molar-refractivity contribution >= 4 is 0 Å². The van der Waals surface area contributed by atoms with Gasteiger partial charge in [-0.25, -0.2) is 0 Å². The van der Waals surface area contributed by atoms with Crippen LogP contribution in [0.4, 0.5) is 0 Å². The molecule has 0 aromatic rings. The Bertz CT molecular complexity index is 233. The fourth-order valence-electron chi connectivity index (χ4n) is 1.62. The van der Waals surface area contributed by atoms with Gasteiger partial charge in [0.25, 0.3) is 0 Å². The van der Waals surface area contributed by atoms with Gasteiger partial charge in [0.1, 0.15) is 5.54 Å². The Labute approximate surface area is 99.2 Å². The van der Waals surface area contributed by atoms with Crippen molar-refractivity contribution in [2.45, 2.75) is 51.5 Å². The largest absolute Gasteiger partial charge is 0.381 e. The van der Waals surface area contributed by atoms with Crippen LogP contribution in [-0.2, 0) is 4.74 Å². The van der Waals surface area contributed by atoms with Gasteiger partial charge in [0.05, 0.1) is 6.07 Å². The van der Waals surface area contributed by atoms with Crippen LogP contribution in [0.2, 0.25) is 0 Å². The van der Waals surface area contributed by atoms with Gasteiger partial charge in [-0.05, 0) is 32.2 Å². The Kier molecular flexibility index (Phi) is 5.79. The molecule has 1 atom stereocenters. The molecule has 16 heavy (non-hydrogen) atoms. The second-order valence-corrected chi connectivity index (χ2v) is 4.97. The second kappa shape index (κ2) is 6.88. The molecule has 1 rings (SSSR count). The van der Waals surface area contributed by atoms with Crippen LogP contribution in [0, 0.1) is 17.2 Å². The first kappa shape index (κ1) is 13.5. The molecule has 0 heterocycles. The third-order valence-corrected chi connectivity index (χ3v) is 3.13. The molecule has 92 valence electrons. The molecule has 1 fully saturated rings. The SMILES string of the molecule is CCCNC(C)(C#N)CCOCCC1CC1. The third-order valence-electron chi connectivity index (χ3n) is 3.13. The van der Waals surface area contributed by atoms with Gasteiger partial charge in [-0.3, -0.25) is 5.32 Å². The van der Waals surface area contributed by atoms with Gasteiger partial charge in [0.15, 0.2) is 0 Å². The van der Waals surface area contributed by atoms with Crippen LogP contribution in [-0.4, -0.2) is 25.3 Å². The smallest absolute Gasteiger partial charge is 0.106 e.